The van der Waals surface area contributed by atoms with Crippen molar-refractivity contribution in [2.45, 2.75) is 0 Å². The fourth-order valence-electron chi connectivity index (χ4n) is 2.10. The van der Waals surface area contributed by atoms with Gasteiger partial charge in [-0.3, -0.25) is 4.98 Å². The van der Waals surface area contributed by atoms with Crippen molar-refractivity contribution >= 4 is 22.6 Å². The Kier molecular flexibility index (Phi) is 2.87. The number of ether oxygens (including phenoxy) is 1. The number of hydrogen-bond donors (Lipinski definition) is 0. The van der Waals surface area contributed by atoms with Gasteiger partial charge in [-0.2, -0.15) is 0 Å². The lowest BCUT2D eigenvalue weighted by molar-refractivity contribution is 0.415. The van der Waals surface area contributed by atoms with Crippen molar-refractivity contribution in [1.82, 2.24) is 14.5 Å². The van der Waals surface area contributed by atoms with Crippen LogP contribution in [0.15, 0.2) is 36.7 Å². The van der Waals surface area contributed by atoms with Crippen LogP contribution in [0.25, 0.3) is 22.4 Å². The lowest BCUT2D eigenvalue weighted by Gasteiger charge is -2.06. The van der Waals surface area contributed by atoms with E-state index in [-0.39, 0.29) is 0 Å². The molecule has 0 spiro atoms. The first-order valence-corrected chi connectivity index (χ1v) is 6.19. The second-order valence-corrected chi connectivity index (χ2v) is 4.62. The predicted octanol–water partition coefficient (Wildman–Crippen LogP) is 3.30. The molecular formula is C14H12ClN3O. The summed E-state index contributed by atoms with van der Waals surface area (Å²) in [5.41, 5.74) is 2.85. The number of halogens is 1. The van der Waals surface area contributed by atoms with Crippen LogP contribution in [0.5, 0.6) is 5.75 Å². The van der Waals surface area contributed by atoms with Gasteiger partial charge < -0.3 is 9.30 Å². The van der Waals surface area contributed by atoms with Gasteiger partial charge in [0.2, 0.25) is 0 Å². The number of rotatable bonds is 2. The number of benzene rings is 1. The standard InChI is InChI=1S/C14H12ClN3O/c1-18-12-8-16-6-5-11(12)17-14(18)9-3-4-13(19-2)10(15)7-9/h3-8H,1-2H3. The Hall–Kier alpha value is -2.07. The second-order valence-electron chi connectivity index (χ2n) is 4.21. The molecule has 0 bridgehead atoms. The van der Waals surface area contributed by atoms with Gasteiger partial charge in [0.15, 0.2) is 0 Å². The highest BCUT2D eigenvalue weighted by Crippen LogP contribution is 2.30. The van der Waals surface area contributed by atoms with Gasteiger partial charge in [-0.15, -0.1) is 0 Å². The van der Waals surface area contributed by atoms with Crippen LogP contribution in [0.3, 0.4) is 0 Å². The first kappa shape index (κ1) is 12.0. The van der Waals surface area contributed by atoms with E-state index in [4.69, 9.17) is 16.3 Å². The monoisotopic (exact) mass is 273 g/mol. The highest BCUT2D eigenvalue weighted by molar-refractivity contribution is 6.32. The van der Waals surface area contributed by atoms with E-state index in [0.717, 1.165) is 22.4 Å². The van der Waals surface area contributed by atoms with E-state index in [1.807, 2.05) is 35.9 Å². The molecule has 96 valence electrons. The molecule has 1 aromatic carbocycles. The molecule has 19 heavy (non-hydrogen) atoms. The molecular weight excluding hydrogens is 262 g/mol. The van der Waals surface area contributed by atoms with Crippen molar-refractivity contribution in [1.29, 1.82) is 0 Å². The number of pyridine rings is 1. The van der Waals surface area contributed by atoms with Gasteiger partial charge in [-0.05, 0) is 24.3 Å². The van der Waals surface area contributed by atoms with Crippen LogP contribution in [0.1, 0.15) is 0 Å². The van der Waals surface area contributed by atoms with E-state index in [1.165, 1.54) is 0 Å². The lowest BCUT2D eigenvalue weighted by atomic mass is 10.2. The summed E-state index contributed by atoms with van der Waals surface area (Å²) in [6.45, 7) is 0. The Morgan fingerprint density at radius 3 is 2.79 bits per heavy atom. The summed E-state index contributed by atoms with van der Waals surface area (Å²) >= 11 is 6.16. The topological polar surface area (TPSA) is 39.9 Å². The van der Waals surface area contributed by atoms with E-state index in [1.54, 1.807) is 19.5 Å². The number of aryl methyl sites for hydroxylation is 1. The van der Waals surface area contributed by atoms with Gasteiger partial charge in [0.05, 0.1) is 29.4 Å². The Balaban J connectivity index is 2.19. The average molecular weight is 274 g/mol. The number of methoxy groups -OCH3 is 1. The third kappa shape index (κ3) is 1.94. The van der Waals surface area contributed by atoms with E-state index >= 15 is 0 Å². The number of nitrogens with zero attached hydrogens (tertiary/aromatic N) is 3. The zero-order chi connectivity index (χ0) is 13.4. The lowest BCUT2D eigenvalue weighted by Crippen LogP contribution is -1.93. The molecule has 2 aromatic heterocycles. The third-order valence-corrected chi connectivity index (χ3v) is 3.39. The summed E-state index contributed by atoms with van der Waals surface area (Å²) < 4.78 is 7.16. The molecule has 3 rings (SSSR count). The Morgan fingerprint density at radius 1 is 1.26 bits per heavy atom. The zero-order valence-corrected chi connectivity index (χ0v) is 11.3. The Morgan fingerprint density at radius 2 is 2.11 bits per heavy atom. The number of imidazole rings is 1. The minimum absolute atomic E-state index is 0.574. The molecule has 0 amide bonds. The van der Waals surface area contributed by atoms with Crippen molar-refractivity contribution < 1.29 is 4.74 Å². The quantitative estimate of drug-likeness (QED) is 0.719. The SMILES string of the molecule is COc1ccc(-c2nc3ccncc3n2C)cc1Cl. The fraction of sp³-hybridized carbons (Fsp3) is 0.143. The first-order chi connectivity index (χ1) is 9.20. The molecule has 0 N–H and O–H groups in total. The predicted molar refractivity (Wildman–Crippen MR) is 75.5 cm³/mol. The van der Waals surface area contributed by atoms with Crippen molar-refractivity contribution in [3.63, 3.8) is 0 Å². The fourth-order valence-corrected chi connectivity index (χ4v) is 2.36. The van der Waals surface area contributed by atoms with E-state index in [9.17, 15) is 0 Å². The van der Waals surface area contributed by atoms with Gasteiger partial charge in [-0.1, -0.05) is 11.6 Å². The molecule has 2 heterocycles. The van der Waals surface area contributed by atoms with Crippen LogP contribution >= 0.6 is 11.6 Å². The minimum atomic E-state index is 0.574. The third-order valence-electron chi connectivity index (χ3n) is 3.09. The summed E-state index contributed by atoms with van der Waals surface area (Å²) in [5, 5.41) is 0.574. The zero-order valence-electron chi connectivity index (χ0n) is 10.6. The first-order valence-electron chi connectivity index (χ1n) is 5.81. The van der Waals surface area contributed by atoms with Crippen molar-refractivity contribution in [2.24, 2.45) is 7.05 Å². The van der Waals surface area contributed by atoms with Crippen LogP contribution in [-0.2, 0) is 7.05 Å². The van der Waals surface area contributed by atoms with Crippen molar-refractivity contribution in [3.05, 3.63) is 41.7 Å². The van der Waals surface area contributed by atoms with Crippen LogP contribution in [-0.4, -0.2) is 21.6 Å². The van der Waals surface area contributed by atoms with Crippen molar-refractivity contribution in [3.8, 4) is 17.1 Å². The van der Waals surface area contributed by atoms with Crippen LogP contribution in [0, 0.1) is 0 Å². The molecule has 0 atom stereocenters. The van der Waals surface area contributed by atoms with E-state index in [2.05, 4.69) is 9.97 Å². The van der Waals surface area contributed by atoms with Crippen molar-refractivity contribution in [2.75, 3.05) is 7.11 Å². The Bertz CT molecular complexity index is 752. The van der Waals surface area contributed by atoms with Crippen LogP contribution in [0.2, 0.25) is 5.02 Å². The maximum Gasteiger partial charge on any atom is 0.140 e. The molecule has 4 nitrogen and oxygen atoms in total. The summed E-state index contributed by atoms with van der Waals surface area (Å²) in [4.78, 5) is 8.72. The molecule has 0 radical (unpaired) electrons. The van der Waals surface area contributed by atoms with Gasteiger partial charge in [-0.25, -0.2) is 4.98 Å². The molecule has 0 aliphatic carbocycles. The number of fused-ring (bicyclic) bond motifs is 1. The second kappa shape index (κ2) is 4.55. The molecule has 0 saturated carbocycles. The molecule has 0 saturated heterocycles. The normalized spacial score (nSPS) is 10.9. The summed E-state index contributed by atoms with van der Waals surface area (Å²) in [5.74, 6) is 1.51. The van der Waals surface area contributed by atoms with Gasteiger partial charge in [0, 0.05) is 18.8 Å². The highest BCUT2D eigenvalue weighted by Gasteiger charge is 2.11. The van der Waals surface area contributed by atoms with Gasteiger partial charge >= 0.3 is 0 Å². The highest BCUT2D eigenvalue weighted by atomic mass is 35.5. The summed E-state index contributed by atoms with van der Waals surface area (Å²) in [6, 6.07) is 7.54. The Labute approximate surface area is 115 Å². The molecule has 0 unspecified atom stereocenters. The number of hydrogen-bond acceptors (Lipinski definition) is 3. The van der Waals surface area contributed by atoms with Crippen LogP contribution < -0.4 is 4.74 Å². The van der Waals surface area contributed by atoms with E-state index < -0.39 is 0 Å². The molecule has 5 heteroatoms. The number of aromatic nitrogens is 3. The maximum absolute atomic E-state index is 6.16. The maximum atomic E-state index is 6.16. The average Bonchev–Trinajstić information content (AvgIpc) is 2.77. The summed E-state index contributed by atoms with van der Waals surface area (Å²) in [7, 11) is 3.56. The molecule has 3 aromatic rings. The smallest absolute Gasteiger partial charge is 0.140 e. The van der Waals surface area contributed by atoms with Crippen LogP contribution in [0.4, 0.5) is 0 Å². The van der Waals surface area contributed by atoms with E-state index in [0.29, 0.717) is 10.8 Å². The molecule has 0 aliphatic heterocycles. The largest absolute Gasteiger partial charge is 0.495 e. The minimum Gasteiger partial charge on any atom is -0.495 e. The van der Waals surface area contributed by atoms with Gasteiger partial charge in [0.25, 0.3) is 0 Å². The van der Waals surface area contributed by atoms with Gasteiger partial charge in [0.1, 0.15) is 11.6 Å². The molecule has 0 fully saturated rings. The summed E-state index contributed by atoms with van der Waals surface area (Å²) in [6.07, 6.45) is 3.54. The molecule has 0 aliphatic rings.